The monoisotopic (exact) mass is 456 g/mol. The first-order chi connectivity index (χ1) is 15.1. The molecule has 2 aromatic rings. The van der Waals surface area contributed by atoms with Crippen LogP contribution in [0.3, 0.4) is 0 Å². The van der Waals surface area contributed by atoms with E-state index in [1.807, 2.05) is 30.4 Å². The van der Waals surface area contributed by atoms with E-state index in [-0.39, 0.29) is 5.91 Å². The largest absolute Gasteiger partial charge is 0.490 e. The van der Waals surface area contributed by atoms with Gasteiger partial charge in [0.25, 0.3) is 0 Å². The van der Waals surface area contributed by atoms with Crippen molar-refractivity contribution in [2.45, 2.75) is 52.0 Å². The van der Waals surface area contributed by atoms with Crippen molar-refractivity contribution in [3.8, 4) is 0 Å². The number of aromatic nitrogens is 4. The van der Waals surface area contributed by atoms with Gasteiger partial charge in [0, 0.05) is 69.7 Å². The van der Waals surface area contributed by atoms with E-state index in [0.717, 1.165) is 57.0 Å². The highest BCUT2D eigenvalue weighted by molar-refractivity contribution is 5.76. The van der Waals surface area contributed by atoms with Gasteiger partial charge in [-0.25, -0.2) is 19.7 Å². The van der Waals surface area contributed by atoms with Crippen LogP contribution in [0.25, 0.3) is 0 Å². The van der Waals surface area contributed by atoms with Crippen LogP contribution in [0.2, 0.25) is 0 Å². The van der Waals surface area contributed by atoms with Gasteiger partial charge in [-0.2, -0.15) is 13.2 Å². The number of carbonyl (C=O) groups is 2. The first kappa shape index (κ1) is 25.2. The van der Waals surface area contributed by atoms with Crippen LogP contribution >= 0.6 is 0 Å². The van der Waals surface area contributed by atoms with Crippen molar-refractivity contribution in [2.75, 3.05) is 20.1 Å². The van der Waals surface area contributed by atoms with Crippen molar-refractivity contribution in [1.82, 2.24) is 29.3 Å². The summed E-state index contributed by atoms with van der Waals surface area (Å²) in [5.41, 5.74) is 2.29. The van der Waals surface area contributed by atoms with Crippen molar-refractivity contribution in [3.05, 3.63) is 42.0 Å². The molecule has 9 nitrogen and oxygen atoms in total. The molecule has 2 aromatic heterocycles. The molecule has 3 rings (SSSR count). The molecule has 0 unspecified atom stereocenters. The summed E-state index contributed by atoms with van der Waals surface area (Å²) >= 11 is 0. The van der Waals surface area contributed by atoms with Gasteiger partial charge in [-0.15, -0.1) is 0 Å². The third kappa shape index (κ3) is 7.59. The predicted octanol–water partition coefficient (Wildman–Crippen LogP) is 2.12. The molecule has 0 atom stereocenters. The number of aliphatic carboxylic acids is 1. The summed E-state index contributed by atoms with van der Waals surface area (Å²) in [4.78, 5) is 38.0. The Morgan fingerprint density at radius 3 is 2.38 bits per heavy atom. The maximum absolute atomic E-state index is 12.2. The fourth-order valence-electron chi connectivity index (χ4n) is 3.30. The number of amides is 1. The molecule has 1 amide bonds. The summed E-state index contributed by atoms with van der Waals surface area (Å²) in [5, 5.41) is 7.12. The minimum atomic E-state index is -5.08. The van der Waals surface area contributed by atoms with E-state index in [1.54, 1.807) is 6.33 Å². The average molecular weight is 456 g/mol. The lowest BCUT2D eigenvalue weighted by molar-refractivity contribution is -0.192. The molecule has 0 aliphatic carbocycles. The molecule has 0 saturated heterocycles. The van der Waals surface area contributed by atoms with Gasteiger partial charge in [0.05, 0.1) is 5.69 Å². The predicted molar refractivity (Wildman–Crippen MR) is 108 cm³/mol. The molecule has 0 radical (unpaired) electrons. The SMILES string of the molecule is CCCC(=O)N1CCc2ncc(CN(C)Cc3cncnc3)n2CC1.O=C(O)C(F)(F)F. The second-order valence-electron chi connectivity index (χ2n) is 7.42. The quantitative estimate of drug-likeness (QED) is 0.710. The Morgan fingerprint density at radius 2 is 1.78 bits per heavy atom. The van der Waals surface area contributed by atoms with Crippen LogP contribution < -0.4 is 0 Å². The number of hydrogen-bond donors (Lipinski definition) is 1. The molecule has 1 aliphatic heterocycles. The molecule has 0 aromatic carbocycles. The maximum Gasteiger partial charge on any atom is 0.490 e. The molecule has 0 fully saturated rings. The number of carbonyl (C=O) groups excluding carboxylic acids is 1. The van der Waals surface area contributed by atoms with Gasteiger partial charge in [0.1, 0.15) is 12.2 Å². The number of imidazole rings is 1. The lowest BCUT2D eigenvalue weighted by Gasteiger charge is -2.20. The number of alkyl halides is 3. The van der Waals surface area contributed by atoms with Gasteiger partial charge in [0.15, 0.2) is 0 Å². The second-order valence-corrected chi connectivity index (χ2v) is 7.42. The zero-order chi connectivity index (χ0) is 23.7. The van der Waals surface area contributed by atoms with E-state index in [9.17, 15) is 18.0 Å². The molecule has 3 heterocycles. The van der Waals surface area contributed by atoms with E-state index in [1.165, 1.54) is 5.69 Å². The molecule has 0 bridgehead atoms. The van der Waals surface area contributed by atoms with Crippen molar-refractivity contribution >= 4 is 11.9 Å². The summed E-state index contributed by atoms with van der Waals surface area (Å²) in [6.45, 7) is 6.01. The van der Waals surface area contributed by atoms with Crippen molar-refractivity contribution in [2.24, 2.45) is 0 Å². The Hall–Kier alpha value is -3.02. The number of hydrogen-bond acceptors (Lipinski definition) is 6. The Labute approximate surface area is 183 Å². The topological polar surface area (TPSA) is 104 Å². The molecule has 1 N–H and O–H groups in total. The van der Waals surface area contributed by atoms with Crippen molar-refractivity contribution < 1.29 is 27.9 Å². The minimum Gasteiger partial charge on any atom is -0.475 e. The van der Waals surface area contributed by atoms with Gasteiger partial charge >= 0.3 is 12.1 Å². The van der Waals surface area contributed by atoms with Crippen LogP contribution in [0.1, 0.15) is 36.8 Å². The smallest absolute Gasteiger partial charge is 0.475 e. The van der Waals surface area contributed by atoms with Crippen LogP contribution in [-0.4, -0.2) is 72.6 Å². The molecular formula is C20H27F3N6O3. The zero-order valence-electron chi connectivity index (χ0n) is 18.0. The number of nitrogens with zero attached hydrogens (tertiary/aromatic N) is 6. The number of rotatable bonds is 6. The standard InChI is InChI=1S/C18H26N6O.C2HF3O2/c1-3-4-18(25)23-6-5-17-21-11-16(24(17)8-7-23)13-22(2)12-15-9-19-14-20-10-15;3-2(4,5)1(6)7/h9-11,14H,3-8,12-13H2,1-2H3;(H,6,7). The number of fused-ring (bicyclic) bond motifs is 1. The molecule has 176 valence electrons. The Bertz CT molecular complexity index is 888. The maximum atomic E-state index is 12.2. The normalized spacial score (nSPS) is 13.8. The van der Waals surface area contributed by atoms with Gasteiger partial charge in [-0.3, -0.25) is 9.69 Å². The Kier molecular flexibility index (Phi) is 9.12. The van der Waals surface area contributed by atoms with E-state index in [2.05, 4.69) is 31.5 Å². The fraction of sp³-hybridized carbons (Fsp3) is 0.550. The third-order valence-corrected chi connectivity index (χ3v) is 4.78. The van der Waals surface area contributed by atoms with Crippen LogP contribution in [-0.2, 0) is 35.6 Å². The van der Waals surface area contributed by atoms with Crippen LogP contribution in [0.4, 0.5) is 13.2 Å². The second kappa shape index (κ2) is 11.6. The third-order valence-electron chi connectivity index (χ3n) is 4.78. The lowest BCUT2D eigenvalue weighted by Crippen LogP contribution is -2.33. The van der Waals surface area contributed by atoms with Gasteiger partial charge in [-0.05, 0) is 13.5 Å². The first-order valence-electron chi connectivity index (χ1n) is 10.1. The van der Waals surface area contributed by atoms with Gasteiger partial charge in [-0.1, -0.05) is 6.92 Å². The average Bonchev–Trinajstić information content (AvgIpc) is 2.97. The van der Waals surface area contributed by atoms with E-state index in [0.29, 0.717) is 6.42 Å². The zero-order valence-corrected chi connectivity index (χ0v) is 18.0. The fourth-order valence-corrected chi connectivity index (χ4v) is 3.30. The summed E-state index contributed by atoms with van der Waals surface area (Å²) in [5.74, 6) is -1.42. The highest BCUT2D eigenvalue weighted by Crippen LogP contribution is 2.15. The van der Waals surface area contributed by atoms with Gasteiger partial charge in [0.2, 0.25) is 5.91 Å². The highest BCUT2D eigenvalue weighted by Gasteiger charge is 2.38. The molecule has 0 spiro atoms. The number of halogens is 3. The molecular weight excluding hydrogens is 429 g/mol. The van der Waals surface area contributed by atoms with Crippen molar-refractivity contribution in [3.63, 3.8) is 0 Å². The van der Waals surface area contributed by atoms with E-state index >= 15 is 0 Å². The number of carboxylic acids is 1. The Morgan fingerprint density at radius 1 is 1.12 bits per heavy atom. The first-order valence-corrected chi connectivity index (χ1v) is 10.1. The summed E-state index contributed by atoms with van der Waals surface area (Å²) in [6.07, 6.45) is 4.49. The van der Waals surface area contributed by atoms with Crippen molar-refractivity contribution in [1.29, 1.82) is 0 Å². The Balaban J connectivity index is 0.000000451. The summed E-state index contributed by atoms with van der Waals surface area (Å²) in [6, 6.07) is 0. The van der Waals surface area contributed by atoms with E-state index in [4.69, 9.17) is 9.90 Å². The molecule has 12 heteroatoms. The van der Waals surface area contributed by atoms with Crippen LogP contribution in [0, 0.1) is 0 Å². The molecule has 32 heavy (non-hydrogen) atoms. The summed E-state index contributed by atoms with van der Waals surface area (Å²) < 4.78 is 34.0. The van der Waals surface area contributed by atoms with Gasteiger partial charge < -0.3 is 14.6 Å². The summed E-state index contributed by atoms with van der Waals surface area (Å²) in [7, 11) is 2.08. The highest BCUT2D eigenvalue weighted by atomic mass is 19.4. The van der Waals surface area contributed by atoms with Crippen LogP contribution in [0.15, 0.2) is 24.9 Å². The number of carboxylic acid groups (broad SMARTS) is 1. The van der Waals surface area contributed by atoms with E-state index < -0.39 is 12.1 Å². The lowest BCUT2D eigenvalue weighted by atomic mass is 10.3. The minimum absolute atomic E-state index is 0.260. The molecule has 0 saturated carbocycles. The van der Waals surface area contributed by atoms with Crippen LogP contribution in [0.5, 0.6) is 0 Å². The molecule has 1 aliphatic rings.